The highest BCUT2D eigenvalue weighted by Gasteiger charge is 2.31. The quantitative estimate of drug-likeness (QED) is 0.609. The van der Waals surface area contributed by atoms with Gasteiger partial charge in [-0.15, -0.1) is 0 Å². The molecule has 0 aromatic heterocycles. The average molecular weight is 472 g/mol. The molecule has 0 spiro atoms. The zero-order chi connectivity index (χ0) is 24.1. The van der Waals surface area contributed by atoms with Gasteiger partial charge in [0, 0.05) is 19.7 Å². The lowest BCUT2D eigenvalue weighted by Crippen LogP contribution is -2.51. The zero-order valence-corrected chi connectivity index (χ0v) is 18.6. The van der Waals surface area contributed by atoms with Gasteiger partial charge in [0.2, 0.25) is 21.8 Å². The van der Waals surface area contributed by atoms with Crippen LogP contribution in [0.1, 0.15) is 18.9 Å². The number of carbonyl (C=O) groups excluding carboxylic acids is 2. The minimum atomic E-state index is -4.07. The predicted octanol–water partition coefficient (Wildman–Crippen LogP) is 2.42. The number of nitrogens with zero attached hydrogens (tertiary/aromatic N) is 2. The van der Waals surface area contributed by atoms with Crippen molar-refractivity contribution in [2.75, 3.05) is 24.2 Å². The minimum absolute atomic E-state index is 0.0968. The summed E-state index contributed by atoms with van der Waals surface area (Å²) in [4.78, 5) is 26.8. The van der Waals surface area contributed by atoms with Gasteiger partial charge >= 0.3 is 0 Å². The van der Waals surface area contributed by atoms with Crippen LogP contribution >= 0.6 is 0 Å². The van der Waals surface area contributed by atoms with E-state index >= 15 is 0 Å². The fraction of sp³-hybridized carbons (Fsp3) is 0.333. The first-order chi connectivity index (χ1) is 15.0. The lowest BCUT2D eigenvalue weighted by atomic mass is 10.1. The molecular weight excluding hydrogens is 447 g/mol. The Bertz CT molecular complexity index is 1080. The molecule has 11 heteroatoms. The van der Waals surface area contributed by atoms with Crippen LogP contribution < -0.4 is 9.62 Å². The maximum atomic E-state index is 13.7. The number of hydrogen-bond donors (Lipinski definition) is 1. The molecule has 0 aliphatic heterocycles. The molecule has 0 unspecified atom stereocenters. The lowest BCUT2D eigenvalue weighted by molar-refractivity contribution is -0.140. The second kappa shape index (κ2) is 10.5. The summed E-state index contributed by atoms with van der Waals surface area (Å²) in [5.41, 5.74) is 0.273. The Kier molecular flexibility index (Phi) is 8.25. The first-order valence-corrected chi connectivity index (χ1v) is 11.5. The Morgan fingerprint density at radius 1 is 1.03 bits per heavy atom. The van der Waals surface area contributed by atoms with Crippen LogP contribution in [-0.4, -0.2) is 51.0 Å². The number of nitrogens with one attached hydrogen (secondary N) is 1. The molecule has 0 aliphatic carbocycles. The largest absolute Gasteiger partial charge is 0.357 e. The van der Waals surface area contributed by atoms with Gasteiger partial charge in [-0.2, -0.15) is 0 Å². The van der Waals surface area contributed by atoms with E-state index in [1.807, 2.05) is 0 Å². The van der Waals surface area contributed by atoms with Crippen molar-refractivity contribution in [1.82, 2.24) is 10.2 Å². The summed E-state index contributed by atoms with van der Waals surface area (Å²) in [6, 6.07) is 6.79. The monoisotopic (exact) mass is 471 g/mol. The number of amides is 2. The number of halogens is 3. The summed E-state index contributed by atoms with van der Waals surface area (Å²) < 4.78 is 65.6. The van der Waals surface area contributed by atoms with Gasteiger partial charge in [-0.05, 0) is 36.2 Å². The van der Waals surface area contributed by atoms with Crippen molar-refractivity contribution in [3.63, 3.8) is 0 Å². The smallest absolute Gasteiger partial charge is 0.244 e. The van der Waals surface area contributed by atoms with Crippen molar-refractivity contribution in [1.29, 1.82) is 0 Å². The summed E-state index contributed by atoms with van der Waals surface area (Å²) >= 11 is 0. The third kappa shape index (κ3) is 6.22. The van der Waals surface area contributed by atoms with Gasteiger partial charge in [-0.25, -0.2) is 21.6 Å². The Labute approximate surface area is 184 Å². The molecule has 0 fully saturated rings. The molecule has 7 nitrogen and oxygen atoms in total. The van der Waals surface area contributed by atoms with Crippen molar-refractivity contribution in [2.45, 2.75) is 25.9 Å². The molecule has 1 N–H and O–H groups in total. The first-order valence-electron chi connectivity index (χ1n) is 9.66. The molecule has 0 heterocycles. The van der Waals surface area contributed by atoms with Crippen LogP contribution in [0.25, 0.3) is 0 Å². The predicted molar refractivity (Wildman–Crippen MR) is 114 cm³/mol. The van der Waals surface area contributed by atoms with Crippen molar-refractivity contribution in [2.24, 2.45) is 0 Å². The SMILES string of the molecule is CC[C@@H](C(=O)NC)N(Cc1ccc(F)cc1)C(=O)CN(c1ccc(F)c(F)c1)S(C)(=O)=O. The number of hydrogen-bond acceptors (Lipinski definition) is 4. The highest BCUT2D eigenvalue weighted by atomic mass is 32.2. The summed E-state index contributed by atoms with van der Waals surface area (Å²) in [5.74, 6) is -4.14. The van der Waals surface area contributed by atoms with Gasteiger partial charge < -0.3 is 10.2 Å². The Balaban J connectivity index is 2.43. The van der Waals surface area contributed by atoms with Gasteiger partial charge in [-0.3, -0.25) is 13.9 Å². The summed E-state index contributed by atoms with van der Waals surface area (Å²) in [6.07, 6.45) is 1.04. The fourth-order valence-electron chi connectivity index (χ4n) is 3.13. The number of anilines is 1. The van der Waals surface area contributed by atoms with E-state index in [9.17, 15) is 31.2 Å². The molecule has 2 amide bonds. The molecule has 2 aromatic rings. The van der Waals surface area contributed by atoms with Gasteiger partial charge in [0.1, 0.15) is 18.4 Å². The number of rotatable bonds is 9. The number of sulfonamides is 1. The van der Waals surface area contributed by atoms with Crippen molar-refractivity contribution in [3.8, 4) is 0 Å². The number of benzene rings is 2. The van der Waals surface area contributed by atoms with Crippen LogP contribution in [0.15, 0.2) is 42.5 Å². The molecule has 0 radical (unpaired) electrons. The van der Waals surface area contributed by atoms with Crippen LogP contribution in [0.5, 0.6) is 0 Å². The van der Waals surface area contributed by atoms with Crippen molar-refractivity contribution < 1.29 is 31.2 Å². The van der Waals surface area contributed by atoms with Crippen LogP contribution in [0.2, 0.25) is 0 Å². The molecule has 0 saturated heterocycles. The van der Waals surface area contributed by atoms with Gasteiger partial charge in [0.25, 0.3) is 0 Å². The lowest BCUT2D eigenvalue weighted by Gasteiger charge is -2.32. The molecule has 0 saturated carbocycles. The van der Waals surface area contributed by atoms with Gasteiger partial charge in [-0.1, -0.05) is 19.1 Å². The van der Waals surface area contributed by atoms with E-state index in [4.69, 9.17) is 0 Å². The molecule has 32 heavy (non-hydrogen) atoms. The molecule has 2 rings (SSSR count). The van der Waals surface area contributed by atoms with E-state index in [-0.39, 0.29) is 18.7 Å². The third-order valence-corrected chi connectivity index (χ3v) is 5.91. The second-order valence-electron chi connectivity index (χ2n) is 7.05. The molecule has 2 aromatic carbocycles. The highest BCUT2D eigenvalue weighted by Crippen LogP contribution is 2.22. The number of carbonyl (C=O) groups is 2. The van der Waals surface area contributed by atoms with E-state index in [1.165, 1.54) is 36.2 Å². The van der Waals surface area contributed by atoms with Crippen LogP contribution in [0.3, 0.4) is 0 Å². The third-order valence-electron chi connectivity index (χ3n) is 4.77. The molecule has 1 atom stereocenters. The second-order valence-corrected chi connectivity index (χ2v) is 8.96. The van der Waals surface area contributed by atoms with E-state index in [0.29, 0.717) is 15.9 Å². The van der Waals surface area contributed by atoms with E-state index < -0.39 is 51.9 Å². The maximum absolute atomic E-state index is 13.7. The fourth-order valence-corrected chi connectivity index (χ4v) is 3.97. The van der Waals surface area contributed by atoms with Crippen LogP contribution in [-0.2, 0) is 26.2 Å². The topological polar surface area (TPSA) is 86.8 Å². The Morgan fingerprint density at radius 2 is 1.66 bits per heavy atom. The zero-order valence-electron chi connectivity index (χ0n) is 17.8. The first kappa shape index (κ1) is 25.2. The summed E-state index contributed by atoms with van der Waals surface area (Å²) in [7, 11) is -2.67. The highest BCUT2D eigenvalue weighted by molar-refractivity contribution is 7.92. The Morgan fingerprint density at radius 3 is 2.16 bits per heavy atom. The maximum Gasteiger partial charge on any atom is 0.244 e. The van der Waals surface area contributed by atoms with Crippen molar-refractivity contribution >= 4 is 27.5 Å². The Hall–Kier alpha value is -3.08. The summed E-state index contributed by atoms with van der Waals surface area (Å²) in [5, 5.41) is 2.46. The standard InChI is InChI=1S/C21H24F3N3O4S/c1-4-19(21(29)25-2)26(12-14-5-7-15(22)8-6-14)20(28)13-27(32(3,30)31)16-9-10-17(23)18(24)11-16/h5-11,19H,4,12-13H2,1-3H3,(H,25,29)/t19-/m0/s1. The number of likely N-dealkylation sites (N-methyl/N-ethyl adjacent to an activating group) is 1. The van der Waals surface area contributed by atoms with Gasteiger partial charge in [0.15, 0.2) is 11.6 Å². The normalized spacial score (nSPS) is 12.2. The van der Waals surface area contributed by atoms with Crippen molar-refractivity contribution in [3.05, 3.63) is 65.5 Å². The average Bonchev–Trinajstić information content (AvgIpc) is 2.74. The van der Waals surface area contributed by atoms with Crippen LogP contribution in [0, 0.1) is 17.5 Å². The summed E-state index contributed by atoms with van der Waals surface area (Å²) in [6.45, 7) is 0.827. The van der Waals surface area contributed by atoms with E-state index in [2.05, 4.69) is 5.32 Å². The van der Waals surface area contributed by atoms with E-state index in [1.54, 1.807) is 6.92 Å². The molecule has 0 bridgehead atoms. The van der Waals surface area contributed by atoms with E-state index in [0.717, 1.165) is 18.4 Å². The van der Waals surface area contributed by atoms with Gasteiger partial charge in [0.05, 0.1) is 11.9 Å². The molecular formula is C21H24F3N3O4S. The van der Waals surface area contributed by atoms with Crippen LogP contribution in [0.4, 0.5) is 18.9 Å². The molecule has 174 valence electrons. The molecule has 0 aliphatic rings. The minimum Gasteiger partial charge on any atom is -0.357 e.